The minimum absolute atomic E-state index is 0.0669. The van der Waals surface area contributed by atoms with Gasteiger partial charge in [0.25, 0.3) is 0 Å². The minimum atomic E-state index is -0.789. The van der Waals surface area contributed by atoms with E-state index in [2.05, 4.69) is 50.4 Å². The van der Waals surface area contributed by atoms with Crippen LogP contribution in [0.3, 0.4) is 0 Å². The zero-order chi connectivity index (χ0) is 44.5. The molecule has 6 nitrogen and oxygen atoms in total. The van der Waals surface area contributed by atoms with E-state index in [1.54, 1.807) is 0 Å². The Bertz CT molecular complexity index is 966. The maximum atomic E-state index is 13.2. The molecule has 0 aliphatic carbocycles. The number of nitrogens with one attached hydrogen (secondary N) is 1. The summed E-state index contributed by atoms with van der Waals surface area (Å²) in [5.41, 5.74) is 0. The molecule has 6 heteroatoms. The number of carbonyl (C=O) groups is 2. The third-order valence-corrected chi connectivity index (χ3v) is 12.5. The Labute approximate surface area is 380 Å². The van der Waals surface area contributed by atoms with Gasteiger partial charge in [0.1, 0.15) is 6.10 Å². The van der Waals surface area contributed by atoms with Crippen LogP contribution in [0.1, 0.15) is 290 Å². The van der Waals surface area contributed by atoms with E-state index in [0.717, 1.165) is 70.6 Å². The van der Waals surface area contributed by atoms with Crippen LogP contribution in [0.4, 0.5) is 0 Å². The normalized spacial score (nSPS) is 13.3. The number of ether oxygens (including phenoxy) is 1. The summed E-state index contributed by atoms with van der Waals surface area (Å²) in [5.74, 6) is -0.490. The van der Waals surface area contributed by atoms with Gasteiger partial charge in [-0.05, 0) is 70.6 Å². The van der Waals surface area contributed by atoms with Crippen LogP contribution < -0.4 is 5.32 Å². The lowest BCUT2D eigenvalue weighted by Gasteiger charge is -2.24. The first-order chi connectivity index (χ1) is 30.0. The van der Waals surface area contributed by atoms with Crippen molar-refractivity contribution >= 4 is 11.9 Å². The van der Waals surface area contributed by atoms with Gasteiger partial charge in [0.2, 0.25) is 5.91 Å². The molecule has 0 heterocycles. The SMILES string of the molecule is CCCC/C=C\CCCCCC(CC(=O)NC(CO)C(O)CCCCCCCCCCCCCCCCCCC)OC(=O)CCCCCCC/C=C/CCCCCCCCC. The van der Waals surface area contributed by atoms with Crippen LogP contribution in [0.5, 0.6) is 0 Å². The van der Waals surface area contributed by atoms with Crippen LogP contribution in [0.2, 0.25) is 0 Å². The predicted molar refractivity (Wildman–Crippen MR) is 264 cm³/mol. The van der Waals surface area contributed by atoms with Gasteiger partial charge >= 0.3 is 5.97 Å². The first-order valence-electron chi connectivity index (χ1n) is 27.1. The second kappa shape index (κ2) is 49.4. The lowest BCUT2D eigenvalue weighted by Crippen LogP contribution is -2.46. The molecule has 3 atom stereocenters. The summed E-state index contributed by atoms with van der Waals surface area (Å²) in [5, 5.41) is 23.8. The molecule has 360 valence electrons. The van der Waals surface area contributed by atoms with Crippen LogP contribution in [0.25, 0.3) is 0 Å². The molecule has 0 radical (unpaired) electrons. The molecular formula is C55H105NO5. The summed E-state index contributed by atoms with van der Waals surface area (Å²) in [6.45, 7) is 6.46. The minimum Gasteiger partial charge on any atom is -0.462 e. The molecule has 0 fully saturated rings. The van der Waals surface area contributed by atoms with E-state index in [-0.39, 0.29) is 24.9 Å². The summed E-state index contributed by atoms with van der Waals surface area (Å²) in [6, 6.07) is -0.704. The molecule has 0 bridgehead atoms. The van der Waals surface area contributed by atoms with E-state index in [4.69, 9.17) is 4.74 Å². The van der Waals surface area contributed by atoms with Crippen molar-refractivity contribution in [1.29, 1.82) is 0 Å². The number of hydrogen-bond donors (Lipinski definition) is 3. The van der Waals surface area contributed by atoms with E-state index in [1.807, 2.05) is 0 Å². The molecule has 0 saturated heterocycles. The van der Waals surface area contributed by atoms with Gasteiger partial charge in [0, 0.05) is 6.42 Å². The van der Waals surface area contributed by atoms with Gasteiger partial charge < -0.3 is 20.3 Å². The molecule has 0 saturated carbocycles. The highest BCUT2D eigenvalue weighted by molar-refractivity contribution is 5.77. The second-order valence-corrected chi connectivity index (χ2v) is 18.6. The summed E-state index contributed by atoms with van der Waals surface area (Å²) < 4.78 is 5.91. The van der Waals surface area contributed by atoms with Gasteiger partial charge in [-0.1, -0.05) is 231 Å². The monoisotopic (exact) mass is 860 g/mol. The average Bonchev–Trinajstić information content (AvgIpc) is 3.25. The Morgan fingerprint density at radius 1 is 0.459 bits per heavy atom. The lowest BCUT2D eigenvalue weighted by molar-refractivity contribution is -0.151. The largest absolute Gasteiger partial charge is 0.462 e. The Morgan fingerprint density at radius 3 is 1.23 bits per heavy atom. The van der Waals surface area contributed by atoms with Crippen LogP contribution in [-0.4, -0.2) is 46.9 Å². The number of aliphatic hydroxyl groups excluding tert-OH is 2. The highest BCUT2D eigenvalue weighted by Gasteiger charge is 2.24. The Morgan fingerprint density at radius 2 is 0.803 bits per heavy atom. The molecule has 3 N–H and O–H groups in total. The number of unbranched alkanes of at least 4 members (excludes halogenated alkanes) is 33. The van der Waals surface area contributed by atoms with E-state index in [1.165, 1.54) is 173 Å². The number of aliphatic hydroxyl groups is 2. The third kappa shape index (κ3) is 44.7. The number of hydrogen-bond acceptors (Lipinski definition) is 5. The first-order valence-corrected chi connectivity index (χ1v) is 27.1. The van der Waals surface area contributed by atoms with Gasteiger partial charge in [-0.15, -0.1) is 0 Å². The number of carbonyl (C=O) groups excluding carboxylic acids is 2. The van der Waals surface area contributed by atoms with Crippen LogP contribution in [0, 0.1) is 0 Å². The fourth-order valence-corrected chi connectivity index (χ4v) is 8.35. The van der Waals surface area contributed by atoms with Gasteiger partial charge in [-0.2, -0.15) is 0 Å². The van der Waals surface area contributed by atoms with Gasteiger partial charge in [0.15, 0.2) is 0 Å². The molecule has 0 aromatic heterocycles. The molecular weight excluding hydrogens is 755 g/mol. The van der Waals surface area contributed by atoms with Crippen molar-refractivity contribution in [3.63, 3.8) is 0 Å². The quantitative estimate of drug-likeness (QED) is 0.0322. The summed E-state index contributed by atoms with van der Waals surface area (Å²) in [6.07, 6.45) is 56.8. The topological polar surface area (TPSA) is 95.9 Å². The molecule has 0 aliphatic rings. The van der Waals surface area contributed by atoms with Crippen LogP contribution in [-0.2, 0) is 14.3 Å². The number of allylic oxidation sites excluding steroid dienone is 4. The number of rotatable bonds is 49. The van der Waals surface area contributed by atoms with Crippen molar-refractivity contribution in [2.24, 2.45) is 0 Å². The zero-order valence-electron chi connectivity index (χ0n) is 41.1. The van der Waals surface area contributed by atoms with Gasteiger partial charge in [-0.3, -0.25) is 9.59 Å². The Balaban J connectivity index is 4.40. The summed E-state index contributed by atoms with van der Waals surface area (Å²) in [4.78, 5) is 26.1. The number of esters is 1. The maximum Gasteiger partial charge on any atom is 0.306 e. The molecule has 0 aromatic carbocycles. The highest BCUT2D eigenvalue weighted by Crippen LogP contribution is 2.18. The van der Waals surface area contributed by atoms with Crippen molar-refractivity contribution in [3.8, 4) is 0 Å². The van der Waals surface area contributed by atoms with Gasteiger partial charge in [0.05, 0.1) is 25.2 Å². The van der Waals surface area contributed by atoms with Crippen molar-refractivity contribution in [3.05, 3.63) is 24.3 Å². The highest BCUT2D eigenvalue weighted by atomic mass is 16.5. The van der Waals surface area contributed by atoms with Gasteiger partial charge in [-0.25, -0.2) is 0 Å². The van der Waals surface area contributed by atoms with Crippen LogP contribution >= 0.6 is 0 Å². The first kappa shape index (κ1) is 59.3. The fraction of sp³-hybridized carbons (Fsp3) is 0.891. The average molecular weight is 860 g/mol. The molecule has 0 spiro atoms. The molecule has 0 aliphatic heterocycles. The molecule has 61 heavy (non-hydrogen) atoms. The summed E-state index contributed by atoms with van der Waals surface area (Å²) in [7, 11) is 0. The summed E-state index contributed by atoms with van der Waals surface area (Å²) >= 11 is 0. The van der Waals surface area contributed by atoms with E-state index in [0.29, 0.717) is 19.3 Å². The predicted octanol–water partition coefficient (Wildman–Crippen LogP) is 16.3. The Kier molecular flexibility index (Phi) is 48.0. The molecule has 3 unspecified atom stereocenters. The smallest absolute Gasteiger partial charge is 0.306 e. The standard InChI is InChI=1S/C55H105NO5/c1-4-7-10-13-16-19-21-23-25-27-28-30-32-35-38-41-44-47-53(58)52(50-57)56-54(59)49-51(46-43-40-37-34-18-15-12-9-6-3)61-55(60)48-45-42-39-36-33-31-29-26-24-22-20-17-14-11-8-5-2/h15,18,26,29,51-53,57-58H,4-14,16-17,19-25,27-28,30-50H2,1-3H3,(H,56,59)/b18-15-,29-26+. The fourth-order valence-electron chi connectivity index (χ4n) is 8.35. The van der Waals surface area contributed by atoms with Crippen LogP contribution in [0.15, 0.2) is 24.3 Å². The van der Waals surface area contributed by atoms with Crippen molar-refractivity contribution in [2.45, 2.75) is 309 Å². The molecule has 0 aromatic rings. The second-order valence-electron chi connectivity index (χ2n) is 18.6. The molecule has 1 amide bonds. The molecule has 0 rings (SSSR count). The number of amides is 1. The Hall–Kier alpha value is -1.66. The van der Waals surface area contributed by atoms with E-state index < -0.39 is 18.2 Å². The lowest BCUT2D eigenvalue weighted by atomic mass is 10.0. The van der Waals surface area contributed by atoms with E-state index >= 15 is 0 Å². The van der Waals surface area contributed by atoms with E-state index in [9.17, 15) is 19.8 Å². The maximum absolute atomic E-state index is 13.2. The zero-order valence-corrected chi connectivity index (χ0v) is 41.1. The van der Waals surface area contributed by atoms with Crippen molar-refractivity contribution < 1.29 is 24.5 Å². The third-order valence-electron chi connectivity index (χ3n) is 12.5. The van der Waals surface area contributed by atoms with Crippen molar-refractivity contribution in [1.82, 2.24) is 5.32 Å². The van der Waals surface area contributed by atoms with Crippen molar-refractivity contribution in [2.75, 3.05) is 6.61 Å².